The molecule has 2 nitrogen and oxygen atoms in total. The van der Waals surface area contributed by atoms with Gasteiger partial charge in [-0.1, -0.05) is 6.07 Å². The summed E-state index contributed by atoms with van der Waals surface area (Å²) in [5.41, 5.74) is 4.75. The van der Waals surface area contributed by atoms with Gasteiger partial charge in [-0.2, -0.15) is 0 Å². The number of aryl methyl sites for hydroxylation is 1. The van der Waals surface area contributed by atoms with E-state index in [9.17, 15) is 4.39 Å². The average Bonchev–Trinajstić information content (AvgIpc) is 3.05. The molecule has 0 fully saturated rings. The van der Waals surface area contributed by atoms with Crippen molar-refractivity contribution in [2.24, 2.45) is 0 Å². The summed E-state index contributed by atoms with van der Waals surface area (Å²) in [5.74, 6) is 0.864. The molecule has 2 aliphatic rings. The van der Waals surface area contributed by atoms with Crippen LogP contribution in [0, 0.1) is 5.82 Å². The Morgan fingerprint density at radius 1 is 1.05 bits per heavy atom. The second kappa shape index (κ2) is 4.51. The Bertz CT molecular complexity index is 668. The SMILES string of the molecule is Fc1ccc2c(c1)CCC2Nc1ccc2c(c1)CCO2. The Balaban J connectivity index is 1.59. The van der Waals surface area contributed by atoms with Gasteiger partial charge >= 0.3 is 0 Å². The number of hydrogen-bond donors (Lipinski definition) is 1. The third-order valence-corrected chi connectivity index (χ3v) is 4.21. The van der Waals surface area contributed by atoms with Crippen molar-refractivity contribution in [1.82, 2.24) is 0 Å². The molecule has 1 aliphatic carbocycles. The van der Waals surface area contributed by atoms with Gasteiger partial charge in [0.1, 0.15) is 11.6 Å². The van der Waals surface area contributed by atoms with E-state index in [0.29, 0.717) is 0 Å². The Labute approximate surface area is 117 Å². The molecule has 0 amide bonds. The number of halogens is 1. The van der Waals surface area contributed by atoms with E-state index in [1.165, 1.54) is 11.1 Å². The number of hydrogen-bond acceptors (Lipinski definition) is 2. The zero-order valence-corrected chi connectivity index (χ0v) is 11.2. The number of benzene rings is 2. The third kappa shape index (κ3) is 1.94. The minimum Gasteiger partial charge on any atom is -0.493 e. The van der Waals surface area contributed by atoms with Crippen molar-refractivity contribution < 1.29 is 9.13 Å². The summed E-state index contributed by atoms with van der Waals surface area (Å²) in [5, 5.41) is 3.57. The highest BCUT2D eigenvalue weighted by Crippen LogP contribution is 2.35. The molecule has 3 heteroatoms. The highest BCUT2D eigenvalue weighted by Gasteiger charge is 2.23. The lowest BCUT2D eigenvalue weighted by molar-refractivity contribution is 0.357. The predicted octanol–water partition coefficient (Wildman–Crippen LogP) is 3.86. The fourth-order valence-electron chi connectivity index (χ4n) is 3.21. The van der Waals surface area contributed by atoms with Crippen LogP contribution in [0.4, 0.5) is 10.1 Å². The number of fused-ring (bicyclic) bond motifs is 2. The van der Waals surface area contributed by atoms with Crippen LogP contribution in [0.25, 0.3) is 0 Å². The van der Waals surface area contributed by atoms with Crippen LogP contribution >= 0.6 is 0 Å². The molecule has 20 heavy (non-hydrogen) atoms. The quantitative estimate of drug-likeness (QED) is 0.894. The van der Waals surface area contributed by atoms with Gasteiger partial charge in [0.05, 0.1) is 12.6 Å². The molecule has 0 saturated heterocycles. The molecule has 2 aromatic rings. The first-order valence-electron chi connectivity index (χ1n) is 7.10. The highest BCUT2D eigenvalue weighted by molar-refractivity contribution is 5.54. The number of nitrogens with one attached hydrogen (secondary N) is 1. The molecule has 0 bridgehead atoms. The van der Waals surface area contributed by atoms with Crippen LogP contribution in [0.3, 0.4) is 0 Å². The Morgan fingerprint density at radius 3 is 2.95 bits per heavy atom. The Kier molecular flexibility index (Phi) is 2.66. The van der Waals surface area contributed by atoms with Crippen molar-refractivity contribution in [2.45, 2.75) is 25.3 Å². The van der Waals surface area contributed by atoms with Crippen molar-refractivity contribution in [3.8, 4) is 5.75 Å². The Hall–Kier alpha value is -2.03. The lowest BCUT2D eigenvalue weighted by Crippen LogP contribution is -2.07. The first-order chi connectivity index (χ1) is 9.79. The molecule has 4 rings (SSSR count). The summed E-state index contributed by atoms with van der Waals surface area (Å²) >= 11 is 0. The van der Waals surface area contributed by atoms with Crippen LogP contribution in [-0.4, -0.2) is 6.61 Å². The van der Waals surface area contributed by atoms with Gasteiger partial charge < -0.3 is 10.1 Å². The van der Waals surface area contributed by atoms with E-state index in [0.717, 1.165) is 42.9 Å². The summed E-state index contributed by atoms with van der Waals surface area (Å²) in [6, 6.07) is 11.7. The first kappa shape index (κ1) is 11.8. The van der Waals surface area contributed by atoms with Gasteiger partial charge in [0.15, 0.2) is 0 Å². The van der Waals surface area contributed by atoms with Gasteiger partial charge in [-0.3, -0.25) is 0 Å². The van der Waals surface area contributed by atoms with Crippen LogP contribution in [0.15, 0.2) is 36.4 Å². The van der Waals surface area contributed by atoms with Gasteiger partial charge in [0.2, 0.25) is 0 Å². The van der Waals surface area contributed by atoms with Crippen LogP contribution in [0.2, 0.25) is 0 Å². The maximum Gasteiger partial charge on any atom is 0.123 e. The van der Waals surface area contributed by atoms with Crippen molar-refractivity contribution in [2.75, 3.05) is 11.9 Å². The minimum atomic E-state index is -0.140. The maximum atomic E-state index is 13.2. The van der Waals surface area contributed by atoms with Crippen LogP contribution < -0.4 is 10.1 Å². The molecular formula is C17H16FNO. The van der Waals surface area contributed by atoms with Gasteiger partial charge in [0.25, 0.3) is 0 Å². The van der Waals surface area contributed by atoms with Crippen molar-refractivity contribution in [3.63, 3.8) is 0 Å². The normalized spacial score (nSPS) is 19.4. The molecule has 1 heterocycles. The molecule has 102 valence electrons. The van der Waals surface area contributed by atoms with Crippen LogP contribution in [0.1, 0.15) is 29.2 Å². The largest absolute Gasteiger partial charge is 0.493 e. The van der Waals surface area contributed by atoms with Gasteiger partial charge in [-0.05, 0) is 59.9 Å². The third-order valence-electron chi connectivity index (χ3n) is 4.21. The molecule has 1 unspecified atom stereocenters. The van der Waals surface area contributed by atoms with Gasteiger partial charge in [-0.25, -0.2) is 4.39 Å². The molecule has 0 aromatic heterocycles. The summed E-state index contributed by atoms with van der Waals surface area (Å²) in [7, 11) is 0. The second-order valence-electron chi connectivity index (χ2n) is 5.50. The molecular weight excluding hydrogens is 253 g/mol. The standard InChI is InChI=1S/C17H16FNO/c18-13-2-4-15-11(9-13)1-5-16(15)19-14-3-6-17-12(10-14)7-8-20-17/h2-4,6,9-10,16,19H,1,5,7-8H2. The van der Waals surface area contributed by atoms with Crippen molar-refractivity contribution in [3.05, 3.63) is 58.9 Å². The molecule has 0 saturated carbocycles. The summed E-state index contributed by atoms with van der Waals surface area (Å²) < 4.78 is 18.8. The average molecular weight is 269 g/mol. The smallest absolute Gasteiger partial charge is 0.123 e. The highest BCUT2D eigenvalue weighted by atomic mass is 19.1. The summed E-state index contributed by atoms with van der Waals surface area (Å²) in [6.45, 7) is 0.782. The first-order valence-corrected chi connectivity index (χ1v) is 7.10. The van der Waals surface area contributed by atoms with E-state index in [4.69, 9.17) is 4.74 Å². The number of ether oxygens (including phenoxy) is 1. The van der Waals surface area contributed by atoms with E-state index in [2.05, 4.69) is 17.4 Å². The number of rotatable bonds is 2. The van der Waals surface area contributed by atoms with E-state index in [1.54, 1.807) is 12.1 Å². The molecule has 2 aromatic carbocycles. The number of anilines is 1. The minimum absolute atomic E-state index is 0.140. The lowest BCUT2D eigenvalue weighted by atomic mass is 10.1. The monoisotopic (exact) mass is 269 g/mol. The van der Waals surface area contributed by atoms with E-state index in [1.807, 2.05) is 12.1 Å². The van der Waals surface area contributed by atoms with Crippen molar-refractivity contribution in [1.29, 1.82) is 0 Å². The zero-order chi connectivity index (χ0) is 13.5. The van der Waals surface area contributed by atoms with Gasteiger partial charge in [-0.15, -0.1) is 0 Å². The molecule has 1 aliphatic heterocycles. The molecule has 1 atom stereocenters. The topological polar surface area (TPSA) is 21.3 Å². The predicted molar refractivity (Wildman–Crippen MR) is 76.7 cm³/mol. The van der Waals surface area contributed by atoms with E-state index >= 15 is 0 Å². The van der Waals surface area contributed by atoms with Gasteiger partial charge in [0, 0.05) is 12.1 Å². The Morgan fingerprint density at radius 2 is 2.00 bits per heavy atom. The van der Waals surface area contributed by atoms with Crippen molar-refractivity contribution >= 4 is 5.69 Å². The fraction of sp³-hybridized carbons (Fsp3) is 0.294. The molecule has 0 radical (unpaired) electrons. The zero-order valence-electron chi connectivity index (χ0n) is 11.2. The van der Waals surface area contributed by atoms with Crippen LogP contribution in [0.5, 0.6) is 5.75 Å². The summed E-state index contributed by atoms with van der Waals surface area (Å²) in [4.78, 5) is 0. The fourth-order valence-corrected chi connectivity index (χ4v) is 3.21. The van der Waals surface area contributed by atoms with E-state index in [-0.39, 0.29) is 11.9 Å². The van der Waals surface area contributed by atoms with Crippen LogP contribution in [-0.2, 0) is 12.8 Å². The lowest BCUT2D eigenvalue weighted by Gasteiger charge is -2.16. The summed E-state index contributed by atoms with van der Waals surface area (Å²) in [6.07, 6.45) is 2.95. The van der Waals surface area contributed by atoms with E-state index < -0.39 is 0 Å². The molecule has 1 N–H and O–H groups in total. The molecule has 0 spiro atoms. The maximum absolute atomic E-state index is 13.2. The second-order valence-corrected chi connectivity index (χ2v) is 5.50.